The summed E-state index contributed by atoms with van der Waals surface area (Å²) >= 11 is 0. The zero-order chi connectivity index (χ0) is 21.6. The molecule has 1 aromatic heterocycles. The molecule has 0 saturated carbocycles. The van der Waals surface area contributed by atoms with Gasteiger partial charge in [0.15, 0.2) is 11.5 Å². The number of furan rings is 1. The van der Waals surface area contributed by atoms with Gasteiger partial charge in [0.25, 0.3) is 5.91 Å². The van der Waals surface area contributed by atoms with Crippen molar-refractivity contribution in [2.75, 3.05) is 26.2 Å². The van der Waals surface area contributed by atoms with Crippen LogP contribution in [0.5, 0.6) is 5.75 Å². The average Bonchev–Trinajstić information content (AvgIpc) is 3.20. The monoisotopic (exact) mass is 420 g/mol. The van der Waals surface area contributed by atoms with Gasteiger partial charge in [0, 0.05) is 6.54 Å². The normalized spacial score (nSPS) is 11.2. The lowest BCUT2D eigenvalue weighted by Gasteiger charge is -2.17. The fourth-order valence-electron chi connectivity index (χ4n) is 2.56. The van der Waals surface area contributed by atoms with E-state index in [-0.39, 0.29) is 11.5 Å². The van der Waals surface area contributed by atoms with Crippen molar-refractivity contribution in [3.05, 3.63) is 52.7 Å². The fourth-order valence-corrected chi connectivity index (χ4v) is 2.56. The van der Waals surface area contributed by atoms with Crippen LogP contribution in [0.2, 0.25) is 0 Å². The van der Waals surface area contributed by atoms with Gasteiger partial charge in [0.2, 0.25) is 29.1 Å². The Morgan fingerprint density at radius 1 is 1.00 bits per heavy atom. The molecule has 0 saturated heterocycles. The van der Waals surface area contributed by atoms with E-state index in [2.05, 4.69) is 15.0 Å². The van der Waals surface area contributed by atoms with Crippen LogP contribution < -0.4 is 10.1 Å². The van der Waals surface area contributed by atoms with Crippen molar-refractivity contribution in [1.29, 1.82) is 0 Å². The topological polar surface area (TPSA) is 54.7 Å². The second-order valence-corrected chi connectivity index (χ2v) is 6.09. The summed E-state index contributed by atoms with van der Waals surface area (Å²) < 4.78 is 76.4. The summed E-state index contributed by atoms with van der Waals surface area (Å²) in [5.74, 6) is -12.7. The Bertz CT molecular complexity index is 824. The van der Waals surface area contributed by atoms with Crippen molar-refractivity contribution in [1.82, 2.24) is 10.2 Å². The molecule has 2 rings (SSSR count). The fraction of sp³-hybridized carbons (Fsp3) is 0.421. The van der Waals surface area contributed by atoms with E-state index >= 15 is 0 Å². The molecule has 0 fully saturated rings. The average molecular weight is 420 g/mol. The summed E-state index contributed by atoms with van der Waals surface area (Å²) in [6, 6.07) is 2.62. The van der Waals surface area contributed by atoms with Crippen LogP contribution in [0, 0.1) is 29.1 Å². The standard InChI is InChI=1S/C19H21F5N2O3/c1-3-26(4-2)9-5-8-25-19(27)12-7-6-11(29-12)10-28-18-16(23)14(21)13(20)15(22)17(18)24/h6-7H,3-5,8-10H2,1-2H3,(H,25,27). The third kappa shape index (κ3) is 5.47. The van der Waals surface area contributed by atoms with Crippen molar-refractivity contribution >= 4 is 5.91 Å². The predicted molar refractivity (Wildman–Crippen MR) is 94.0 cm³/mol. The summed E-state index contributed by atoms with van der Waals surface area (Å²) in [4.78, 5) is 14.2. The molecule has 1 heterocycles. The number of nitrogens with zero attached hydrogens (tertiary/aromatic N) is 1. The Labute approximate surface area is 164 Å². The maximum Gasteiger partial charge on any atom is 0.286 e. The second kappa shape index (κ2) is 10.2. The van der Waals surface area contributed by atoms with Crippen LogP contribution >= 0.6 is 0 Å². The van der Waals surface area contributed by atoms with Crippen molar-refractivity contribution < 1.29 is 35.9 Å². The van der Waals surface area contributed by atoms with E-state index in [4.69, 9.17) is 4.42 Å². The minimum atomic E-state index is -2.27. The highest BCUT2D eigenvalue weighted by Gasteiger charge is 2.27. The maximum absolute atomic E-state index is 13.6. The van der Waals surface area contributed by atoms with Gasteiger partial charge in [0.05, 0.1) is 0 Å². The van der Waals surface area contributed by atoms with Gasteiger partial charge in [-0.2, -0.15) is 8.78 Å². The van der Waals surface area contributed by atoms with Crippen LogP contribution in [0.1, 0.15) is 36.6 Å². The summed E-state index contributed by atoms with van der Waals surface area (Å²) in [7, 11) is 0. The van der Waals surface area contributed by atoms with Crippen molar-refractivity contribution in [3.8, 4) is 5.75 Å². The van der Waals surface area contributed by atoms with Gasteiger partial charge < -0.3 is 19.4 Å². The number of ether oxygens (including phenoxy) is 1. The lowest BCUT2D eigenvalue weighted by Crippen LogP contribution is -2.29. The summed E-state index contributed by atoms with van der Waals surface area (Å²) in [5, 5.41) is 2.67. The highest BCUT2D eigenvalue weighted by molar-refractivity contribution is 5.91. The zero-order valence-corrected chi connectivity index (χ0v) is 16.0. The molecule has 0 aliphatic heterocycles. The zero-order valence-electron chi connectivity index (χ0n) is 16.0. The third-order valence-electron chi connectivity index (χ3n) is 4.24. The van der Waals surface area contributed by atoms with Crippen LogP contribution in [0.4, 0.5) is 22.0 Å². The van der Waals surface area contributed by atoms with E-state index in [0.717, 1.165) is 26.1 Å². The van der Waals surface area contributed by atoms with Gasteiger partial charge in [-0.25, -0.2) is 13.2 Å². The van der Waals surface area contributed by atoms with E-state index in [1.807, 2.05) is 13.8 Å². The molecule has 29 heavy (non-hydrogen) atoms. The molecule has 2 aromatic rings. The van der Waals surface area contributed by atoms with Gasteiger partial charge in [-0.15, -0.1) is 0 Å². The lowest BCUT2D eigenvalue weighted by atomic mass is 10.2. The van der Waals surface area contributed by atoms with Gasteiger partial charge in [-0.3, -0.25) is 4.79 Å². The largest absolute Gasteiger partial charge is 0.479 e. The number of nitrogens with one attached hydrogen (secondary N) is 1. The molecule has 0 aliphatic rings. The molecular weight excluding hydrogens is 399 g/mol. The Morgan fingerprint density at radius 2 is 1.59 bits per heavy atom. The van der Waals surface area contributed by atoms with Gasteiger partial charge >= 0.3 is 0 Å². The summed E-state index contributed by atoms with van der Waals surface area (Å²) in [6.07, 6.45) is 0.740. The molecule has 5 nitrogen and oxygen atoms in total. The Hall–Kier alpha value is -2.62. The minimum absolute atomic E-state index is 0.0257. The smallest absolute Gasteiger partial charge is 0.286 e. The number of halogens is 5. The number of hydrogen-bond acceptors (Lipinski definition) is 4. The molecule has 0 unspecified atom stereocenters. The molecule has 0 radical (unpaired) electrons. The number of hydrogen-bond donors (Lipinski definition) is 1. The summed E-state index contributed by atoms with van der Waals surface area (Å²) in [6.45, 7) is 6.53. The van der Waals surface area contributed by atoms with Crippen molar-refractivity contribution in [3.63, 3.8) is 0 Å². The first-order valence-corrected chi connectivity index (χ1v) is 9.03. The molecule has 0 spiro atoms. The third-order valence-corrected chi connectivity index (χ3v) is 4.24. The number of rotatable bonds is 10. The van der Waals surface area contributed by atoms with E-state index in [1.165, 1.54) is 12.1 Å². The predicted octanol–water partition coefficient (Wildman–Crippen LogP) is 4.02. The van der Waals surface area contributed by atoms with E-state index in [0.29, 0.717) is 6.54 Å². The Balaban J connectivity index is 1.92. The highest BCUT2D eigenvalue weighted by atomic mass is 19.2. The molecular formula is C19H21F5N2O3. The van der Waals surface area contributed by atoms with E-state index in [1.54, 1.807) is 0 Å². The molecule has 0 bridgehead atoms. The summed E-state index contributed by atoms with van der Waals surface area (Å²) in [5.41, 5.74) is 0. The number of amides is 1. The van der Waals surface area contributed by atoms with E-state index < -0.39 is 47.3 Å². The van der Waals surface area contributed by atoms with Crippen molar-refractivity contribution in [2.45, 2.75) is 26.9 Å². The minimum Gasteiger partial charge on any atom is -0.479 e. The lowest BCUT2D eigenvalue weighted by molar-refractivity contribution is 0.0919. The molecule has 0 aliphatic carbocycles. The van der Waals surface area contributed by atoms with Crippen LogP contribution in [0.3, 0.4) is 0 Å². The van der Waals surface area contributed by atoms with Gasteiger partial charge in [-0.05, 0) is 38.2 Å². The first-order valence-electron chi connectivity index (χ1n) is 9.03. The number of carbonyl (C=O) groups excluding carboxylic acids is 1. The van der Waals surface area contributed by atoms with Crippen molar-refractivity contribution in [2.24, 2.45) is 0 Å². The molecule has 0 atom stereocenters. The maximum atomic E-state index is 13.6. The molecule has 1 amide bonds. The first-order chi connectivity index (χ1) is 13.8. The van der Waals surface area contributed by atoms with E-state index in [9.17, 15) is 26.7 Å². The van der Waals surface area contributed by atoms with Gasteiger partial charge in [-0.1, -0.05) is 13.8 Å². The number of carbonyl (C=O) groups is 1. The Kier molecular flexibility index (Phi) is 8.00. The number of benzene rings is 1. The molecule has 1 aromatic carbocycles. The molecule has 1 N–H and O–H groups in total. The quantitative estimate of drug-likeness (QED) is 0.273. The molecule has 10 heteroatoms. The second-order valence-electron chi connectivity index (χ2n) is 6.09. The van der Waals surface area contributed by atoms with Crippen LogP contribution in [0.25, 0.3) is 0 Å². The van der Waals surface area contributed by atoms with Crippen LogP contribution in [0.15, 0.2) is 16.5 Å². The van der Waals surface area contributed by atoms with Crippen LogP contribution in [-0.4, -0.2) is 37.0 Å². The first kappa shape index (κ1) is 22.7. The highest BCUT2D eigenvalue weighted by Crippen LogP contribution is 2.29. The SMILES string of the molecule is CCN(CC)CCCNC(=O)c1ccc(COc2c(F)c(F)c(F)c(F)c2F)o1. The van der Waals surface area contributed by atoms with Gasteiger partial charge in [0.1, 0.15) is 12.4 Å². The molecule has 160 valence electrons. The van der Waals surface area contributed by atoms with Crippen LogP contribution in [-0.2, 0) is 6.61 Å². The Morgan fingerprint density at radius 3 is 2.17 bits per heavy atom.